The first-order valence-electron chi connectivity index (χ1n) is 6.68. The van der Waals surface area contributed by atoms with Crippen LogP contribution >= 0.6 is 0 Å². The van der Waals surface area contributed by atoms with Crippen LogP contribution in [0.5, 0.6) is 0 Å². The Balaban J connectivity index is 1.78. The first-order valence-corrected chi connectivity index (χ1v) is 6.68. The molecule has 1 N–H and O–H groups in total. The molecule has 0 aromatic rings. The van der Waals surface area contributed by atoms with Gasteiger partial charge in [0.25, 0.3) is 5.91 Å². The Bertz CT molecular complexity index is 337. The summed E-state index contributed by atoms with van der Waals surface area (Å²) in [7, 11) is 0. The Morgan fingerprint density at radius 2 is 2.28 bits per heavy atom. The quantitative estimate of drug-likeness (QED) is 0.748. The second-order valence-electron chi connectivity index (χ2n) is 5.36. The van der Waals surface area contributed by atoms with E-state index in [0.29, 0.717) is 13.2 Å². The molecule has 1 atom stereocenters. The highest BCUT2D eigenvalue weighted by Gasteiger charge is 2.38. The van der Waals surface area contributed by atoms with Crippen LogP contribution in [0.15, 0.2) is 0 Å². The fraction of sp³-hybridized carbons (Fsp3) is 0.846. The molecule has 5 heteroatoms. The molecule has 2 aliphatic heterocycles. The van der Waals surface area contributed by atoms with Crippen molar-refractivity contribution in [3.8, 4) is 6.07 Å². The average Bonchev–Trinajstić information content (AvgIpc) is 2.80. The summed E-state index contributed by atoms with van der Waals surface area (Å²) in [5.74, 6) is 0.0266. The molecular weight excluding hydrogens is 230 g/mol. The number of carbonyl (C=O) groups is 1. The molecule has 1 unspecified atom stereocenters. The fourth-order valence-electron chi connectivity index (χ4n) is 2.63. The number of nitriles is 1. The van der Waals surface area contributed by atoms with Crippen molar-refractivity contribution in [3.63, 3.8) is 0 Å². The maximum atomic E-state index is 12.1. The van der Waals surface area contributed by atoms with Gasteiger partial charge in [0, 0.05) is 25.7 Å². The second kappa shape index (κ2) is 5.68. The molecule has 0 saturated carbocycles. The number of hydrogen-bond acceptors (Lipinski definition) is 4. The SMILES string of the molecule is CC1(C(=O)NC2CCN(CC#N)CC2)CCCO1. The summed E-state index contributed by atoms with van der Waals surface area (Å²) in [5.41, 5.74) is -0.621. The van der Waals surface area contributed by atoms with Crippen LogP contribution in [0.1, 0.15) is 32.6 Å². The van der Waals surface area contributed by atoms with Gasteiger partial charge in [0.1, 0.15) is 5.60 Å². The van der Waals surface area contributed by atoms with E-state index in [4.69, 9.17) is 10.00 Å². The Kier molecular flexibility index (Phi) is 4.20. The summed E-state index contributed by atoms with van der Waals surface area (Å²) in [5, 5.41) is 11.7. The standard InChI is InChI=1S/C13H21N3O2/c1-13(5-2-10-18-13)12(17)15-11-3-7-16(8-4-11)9-6-14/h11H,2-5,7-10H2,1H3,(H,15,17). The molecule has 5 nitrogen and oxygen atoms in total. The summed E-state index contributed by atoms with van der Waals surface area (Å²) in [6.45, 7) is 4.82. The molecule has 0 radical (unpaired) electrons. The molecule has 2 fully saturated rings. The smallest absolute Gasteiger partial charge is 0.252 e. The zero-order valence-corrected chi connectivity index (χ0v) is 10.9. The first-order chi connectivity index (χ1) is 8.64. The van der Waals surface area contributed by atoms with Crippen molar-refractivity contribution in [1.82, 2.24) is 10.2 Å². The maximum Gasteiger partial charge on any atom is 0.252 e. The molecule has 2 heterocycles. The third-order valence-corrected chi connectivity index (χ3v) is 3.92. The summed E-state index contributed by atoms with van der Waals surface area (Å²) in [4.78, 5) is 14.3. The number of piperidine rings is 1. The third kappa shape index (κ3) is 3.01. The molecule has 0 aromatic carbocycles. The van der Waals surface area contributed by atoms with Crippen LogP contribution in [-0.2, 0) is 9.53 Å². The number of amides is 1. The fourth-order valence-corrected chi connectivity index (χ4v) is 2.63. The van der Waals surface area contributed by atoms with Crippen LogP contribution < -0.4 is 5.32 Å². The van der Waals surface area contributed by atoms with Crippen LogP contribution in [0.4, 0.5) is 0 Å². The minimum absolute atomic E-state index is 0.0266. The van der Waals surface area contributed by atoms with E-state index in [9.17, 15) is 4.79 Å². The predicted octanol–water partition coefficient (Wildman–Crippen LogP) is 0.660. The van der Waals surface area contributed by atoms with Crippen molar-refractivity contribution in [2.75, 3.05) is 26.2 Å². The lowest BCUT2D eigenvalue weighted by molar-refractivity contribution is -0.140. The summed E-state index contributed by atoms with van der Waals surface area (Å²) < 4.78 is 5.54. The van der Waals surface area contributed by atoms with Crippen LogP contribution in [0.25, 0.3) is 0 Å². The lowest BCUT2D eigenvalue weighted by Crippen LogP contribution is -2.51. The van der Waals surface area contributed by atoms with Crippen LogP contribution in [0, 0.1) is 11.3 Å². The molecule has 0 aromatic heterocycles. The van der Waals surface area contributed by atoms with Gasteiger partial charge in [-0.25, -0.2) is 0 Å². The lowest BCUT2D eigenvalue weighted by atomic mass is 9.99. The van der Waals surface area contributed by atoms with Gasteiger partial charge in [-0.2, -0.15) is 5.26 Å². The van der Waals surface area contributed by atoms with Crippen molar-refractivity contribution < 1.29 is 9.53 Å². The van der Waals surface area contributed by atoms with E-state index >= 15 is 0 Å². The highest BCUT2D eigenvalue weighted by molar-refractivity contribution is 5.85. The van der Waals surface area contributed by atoms with Crippen molar-refractivity contribution >= 4 is 5.91 Å². The van der Waals surface area contributed by atoms with Gasteiger partial charge in [-0.05, 0) is 32.6 Å². The Morgan fingerprint density at radius 3 is 2.83 bits per heavy atom. The Morgan fingerprint density at radius 1 is 1.56 bits per heavy atom. The normalized spacial score (nSPS) is 30.0. The van der Waals surface area contributed by atoms with Crippen LogP contribution in [-0.4, -0.2) is 48.7 Å². The van der Waals surface area contributed by atoms with Gasteiger partial charge in [0.15, 0.2) is 0 Å². The van der Waals surface area contributed by atoms with Gasteiger partial charge >= 0.3 is 0 Å². The number of carbonyl (C=O) groups excluding carboxylic acids is 1. The molecule has 0 aliphatic carbocycles. The van der Waals surface area contributed by atoms with Gasteiger partial charge in [-0.1, -0.05) is 0 Å². The lowest BCUT2D eigenvalue weighted by Gasteiger charge is -2.32. The van der Waals surface area contributed by atoms with Gasteiger partial charge in [0.2, 0.25) is 0 Å². The third-order valence-electron chi connectivity index (χ3n) is 3.92. The minimum Gasteiger partial charge on any atom is -0.365 e. The van der Waals surface area contributed by atoms with Gasteiger partial charge in [0.05, 0.1) is 12.6 Å². The van der Waals surface area contributed by atoms with Gasteiger partial charge in [-0.15, -0.1) is 0 Å². The van der Waals surface area contributed by atoms with E-state index < -0.39 is 5.60 Å². The van der Waals surface area contributed by atoms with Crippen LogP contribution in [0.3, 0.4) is 0 Å². The molecule has 18 heavy (non-hydrogen) atoms. The van der Waals surface area contributed by atoms with Gasteiger partial charge < -0.3 is 10.1 Å². The first kappa shape index (κ1) is 13.3. The molecule has 2 aliphatic rings. The molecule has 2 saturated heterocycles. The molecule has 100 valence electrons. The number of nitrogens with zero attached hydrogens (tertiary/aromatic N) is 2. The van der Waals surface area contributed by atoms with E-state index in [2.05, 4.69) is 16.3 Å². The number of likely N-dealkylation sites (tertiary alicyclic amines) is 1. The zero-order chi connectivity index (χ0) is 13.0. The Labute approximate surface area is 108 Å². The Hall–Kier alpha value is -1.12. The predicted molar refractivity (Wildman–Crippen MR) is 66.8 cm³/mol. The van der Waals surface area contributed by atoms with E-state index in [1.54, 1.807) is 0 Å². The monoisotopic (exact) mass is 251 g/mol. The number of rotatable bonds is 3. The number of nitrogens with one attached hydrogen (secondary N) is 1. The van der Waals surface area contributed by atoms with Crippen molar-refractivity contribution in [2.24, 2.45) is 0 Å². The maximum absolute atomic E-state index is 12.1. The van der Waals surface area contributed by atoms with E-state index in [0.717, 1.165) is 38.8 Å². The molecule has 0 bridgehead atoms. The minimum atomic E-state index is -0.621. The van der Waals surface area contributed by atoms with E-state index in [1.807, 2.05) is 6.92 Å². The highest BCUT2D eigenvalue weighted by atomic mass is 16.5. The largest absolute Gasteiger partial charge is 0.365 e. The van der Waals surface area contributed by atoms with Crippen LogP contribution in [0.2, 0.25) is 0 Å². The number of ether oxygens (including phenoxy) is 1. The highest BCUT2D eigenvalue weighted by Crippen LogP contribution is 2.25. The van der Waals surface area contributed by atoms with Crippen molar-refractivity contribution in [2.45, 2.75) is 44.2 Å². The molecule has 0 spiro atoms. The molecule has 2 rings (SSSR count). The molecular formula is C13H21N3O2. The van der Waals surface area contributed by atoms with E-state index in [1.165, 1.54) is 0 Å². The number of hydrogen-bond donors (Lipinski definition) is 1. The summed E-state index contributed by atoms with van der Waals surface area (Å²) >= 11 is 0. The molecule has 1 amide bonds. The van der Waals surface area contributed by atoms with E-state index in [-0.39, 0.29) is 11.9 Å². The van der Waals surface area contributed by atoms with Crippen molar-refractivity contribution in [1.29, 1.82) is 5.26 Å². The topological polar surface area (TPSA) is 65.4 Å². The summed E-state index contributed by atoms with van der Waals surface area (Å²) in [6.07, 6.45) is 3.61. The van der Waals surface area contributed by atoms with Crippen molar-refractivity contribution in [3.05, 3.63) is 0 Å². The second-order valence-corrected chi connectivity index (χ2v) is 5.36. The van der Waals surface area contributed by atoms with Gasteiger partial charge in [-0.3, -0.25) is 9.69 Å². The summed E-state index contributed by atoms with van der Waals surface area (Å²) in [6, 6.07) is 2.39. The zero-order valence-electron chi connectivity index (χ0n) is 10.9. The average molecular weight is 251 g/mol.